The fourth-order valence-electron chi connectivity index (χ4n) is 1.10. The van der Waals surface area contributed by atoms with Crippen LogP contribution in [0.1, 0.15) is 22.8 Å². The smallest absolute Gasteiger partial charge is 0.251 e. The monoisotopic (exact) mass is 209 g/mol. The number of hydrogen-bond donors (Lipinski definition) is 3. The molecule has 3 N–H and O–H groups in total. The van der Waals surface area contributed by atoms with Crippen molar-refractivity contribution in [3.05, 3.63) is 35.4 Å². The summed E-state index contributed by atoms with van der Waals surface area (Å²) < 4.78 is 0. The van der Waals surface area contributed by atoms with Crippen LogP contribution in [-0.4, -0.2) is 28.8 Å². The third-order valence-electron chi connectivity index (χ3n) is 1.96. The van der Waals surface area contributed by atoms with Crippen molar-refractivity contribution < 1.29 is 15.0 Å². The number of aliphatic hydroxyl groups excluding tert-OH is 2. The molecule has 1 atom stereocenters. The molecule has 0 bridgehead atoms. The zero-order valence-electron chi connectivity index (χ0n) is 8.60. The lowest BCUT2D eigenvalue weighted by atomic mass is 10.1. The third kappa shape index (κ3) is 3.69. The highest BCUT2D eigenvalue weighted by Crippen LogP contribution is 2.04. The lowest BCUT2D eigenvalue weighted by Gasteiger charge is -2.07. The van der Waals surface area contributed by atoms with Gasteiger partial charge in [0.05, 0.1) is 12.7 Å². The summed E-state index contributed by atoms with van der Waals surface area (Å²) in [5, 5.41) is 20.4. The fraction of sp³-hybridized carbons (Fsp3) is 0.364. The molecule has 1 aromatic rings. The van der Waals surface area contributed by atoms with Gasteiger partial charge in [0.25, 0.3) is 5.91 Å². The first-order valence-electron chi connectivity index (χ1n) is 4.79. The highest BCUT2D eigenvalue weighted by Gasteiger charge is 2.05. The van der Waals surface area contributed by atoms with E-state index in [1.807, 2.05) is 0 Å². The third-order valence-corrected chi connectivity index (χ3v) is 1.96. The maximum Gasteiger partial charge on any atom is 0.251 e. The molecule has 0 aromatic heterocycles. The maximum atomic E-state index is 11.5. The molecular formula is C11H15NO3. The first-order chi connectivity index (χ1) is 7.13. The van der Waals surface area contributed by atoms with Crippen molar-refractivity contribution in [1.82, 2.24) is 5.32 Å². The lowest BCUT2D eigenvalue weighted by Crippen LogP contribution is -2.30. The van der Waals surface area contributed by atoms with Gasteiger partial charge >= 0.3 is 0 Å². The number of carbonyl (C=O) groups excluding carboxylic acids is 1. The average Bonchev–Trinajstić information content (AvgIpc) is 2.26. The minimum Gasteiger partial charge on any atom is -0.392 e. The molecule has 0 aliphatic heterocycles. The van der Waals surface area contributed by atoms with Gasteiger partial charge < -0.3 is 15.5 Å². The van der Waals surface area contributed by atoms with Crippen molar-refractivity contribution in [2.75, 3.05) is 6.54 Å². The molecule has 15 heavy (non-hydrogen) atoms. The second-order valence-corrected chi connectivity index (χ2v) is 3.41. The second kappa shape index (κ2) is 5.48. The molecule has 1 rings (SSSR count). The Morgan fingerprint density at radius 3 is 2.47 bits per heavy atom. The molecule has 0 heterocycles. The Labute approximate surface area is 88.6 Å². The Bertz CT molecular complexity index is 319. The van der Waals surface area contributed by atoms with Gasteiger partial charge in [-0.25, -0.2) is 0 Å². The summed E-state index contributed by atoms with van der Waals surface area (Å²) in [4.78, 5) is 11.5. The molecule has 1 aromatic carbocycles. The number of rotatable bonds is 4. The van der Waals surface area contributed by atoms with Crippen LogP contribution in [0.15, 0.2) is 24.3 Å². The van der Waals surface area contributed by atoms with Crippen LogP contribution in [0.3, 0.4) is 0 Å². The highest BCUT2D eigenvalue weighted by molar-refractivity contribution is 5.94. The van der Waals surface area contributed by atoms with Gasteiger partial charge in [-0.2, -0.15) is 0 Å². The fourth-order valence-corrected chi connectivity index (χ4v) is 1.10. The summed E-state index contributed by atoms with van der Waals surface area (Å²) >= 11 is 0. The first-order valence-corrected chi connectivity index (χ1v) is 4.79. The molecule has 0 aliphatic carbocycles. The molecule has 0 fully saturated rings. The second-order valence-electron chi connectivity index (χ2n) is 3.41. The molecule has 0 saturated carbocycles. The van der Waals surface area contributed by atoms with Crippen LogP contribution in [0.25, 0.3) is 0 Å². The quantitative estimate of drug-likeness (QED) is 0.667. The van der Waals surface area contributed by atoms with Gasteiger partial charge in [-0.05, 0) is 24.6 Å². The van der Waals surface area contributed by atoms with Crippen molar-refractivity contribution in [3.8, 4) is 0 Å². The van der Waals surface area contributed by atoms with Crippen molar-refractivity contribution >= 4 is 5.91 Å². The minimum absolute atomic E-state index is 0.0322. The molecule has 0 unspecified atom stereocenters. The van der Waals surface area contributed by atoms with Crippen molar-refractivity contribution in [2.45, 2.75) is 19.6 Å². The number of aliphatic hydroxyl groups is 2. The van der Waals surface area contributed by atoms with Gasteiger partial charge in [0, 0.05) is 12.1 Å². The molecule has 0 saturated heterocycles. The van der Waals surface area contributed by atoms with Crippen LogP contribution in [0.5, 0.6) is 0 Å². The molecule has 82 valence electrons. The van der Waals surface area contributed by atoms with Crippen LogP contribution in [0.2, 0.25) is 0 Å². The predicted octanol–water partition coefficient (Wildman–Crippen LogP) is 0.290. The zero-order valence-corrected chi connectivity index (χ0v) is 8.60. The van der Waals surface area contributed by atoms with E-state index in [1.165, 1.54) is 0 Å². The highest BCUT2D eigenvalue weighted by atomic mass is 16.3. The minimum atomic E-state index is -0.550. The van der Waals surface area contributed by atoms with E-state index in [-0.39, 0.29) is 19.1 Å². The maximum absolute atomic E-state index is 11.5. The number of carbonyl (C=O) groups is 1. The van der Waals surface area contributed by atoms with E-state index in [0.717, 1.165) is 5.56 Å². The standard InChI is InChI=1S/C11H15NO3/c1-8(14)6-12-11(15)10-4-2-9(7-13)3-5-10/h2-5,8,13-14H,6-7H2,1H3,(H,12,15)/t8-/m1/s1. The largest absolute Gasteiger partial charge is 0.392 e. The van der Waals surface area contributed by atoms with Crippen molar-refractivity contribution in [1.29, 1.82) is 0 Å². The summed E-state index contributed by atoms with van der Waals surface area (Å²) in [6.45, 7) is 1.81. The average molecular weight is 209 g/mol. The van der Waals surface area contributed by atoms with Gasteiger partial charge in [-0.1, -0.05) is 12.1 Å². The van der Waals surface area contributed by atoms with Crippen molar-refractivity contribution in [3.63, 3.8) is 0 Å². The Balaban J connectivity index is 2.58. The van der Waals surface area contributed by atoms with Crippen LogP contribution in [0, 0.1) is 0 Å². The number of nitrogens with one attached hydrogen (secondary N) is 1. The van der Waals surface area contributed by atoms with Crippen LogP contribution in [0.4, 0.5) is 0 Å². The summed E-state index contributed by atoms with van der Waals surface area (Å²) in [5.41, 5.74) is 1.29. The Hall–Kier alpha value is -1.39. The van der Waals surface area contributed by atoms with E-state index in [9.17, 15) is 4.79 Å². The molecular weight excluding hydrogens is 194 g/mol. The molecule has 1 amide bonds. The van der Waals surface area contributed by atoms with Crippen LogP contribution >= 0.6 is 0 Å². The van der Waals surface area contributed by atoms with Gasteiger partial charge in [-0.15, -0.1) is 0 Å². The van der Waals surface area contributed by atoms with E-state index in [1.54, 1.807) is 31.2 Å². The lowest BCUT2D eigenvalue weighted by molar-refractivity contribution is 0.0924. The summed E-state index contributed by atoms with van der Waals surface area (Å²) in [7, 11) is 0. The van der Waals surface area contributed by atoms with Gasteiger partial charge in [0.1, 0.15) is 0 Å². The Morgan fingerprint density at radius 2 is 2.00 bits per heavy atom. The van der Waals surface area contributed by atoms with E-state index in [2.05, 4.69) is 5.32 Å². The van der Waals surface area contributed by atoms with E-state index in [0.29, 0.717) is 5.56 Å². The summed E-state index contributed by atoms with van der Waals surface area (Å²) in [6.07, 6.45) is -0.550. The van der Waals surface area contributed by atoms with E-state index in [4.69, 9.17) is 10.2 Å². The molecule has 0 aliphatic rings. The van der Waals surface area contributed by atoms with Crippen molar-refractivity contribution in [2.24, 2.45) is 0 Å². The van der Waals surface area contributed by atoms with Gasteiger partial charge in [-0.3, -0.25) is 4.79 Å². The number of amides is 1. The summed E-state index contributed by atoms with van der Waals surface area (Å²) in [6, 6.07) is 6.67. The van der Waals surface area contributed by atoms with E-state index < -0.39 is 6.10 Å². The molecule has 0 spiro atoms. The SMILES string of the molecule is C[C@@H](O)CNC(=O)c1ccc(CO)cc1. The number of hydrogen-bond acceptors (Lipinski definition) is 3. The van der Waals surface area contributed by atoms with Gasteiger partial charge in [0.15, 0.2) is 0 Å². The Morgan fingerprint density at radius 1 is 1.40 bits per heavy atom. The molecule has 0 radical (unpaired) electrons. The zero-order chi connectivity index (χ0) is 11.3. The molecule has 4 nitrogen and oxygen atoms in total. The number of benzene rings is 1. The Kier molecular flexibility index (Phi) is 4.27. The summed E-state index contributed by atoms with van der Waals surface area (Å²) in [5.74, 6) is -0.222. The molecule has 4 heteroatoms. The first kappa shape index (κ1) is 11.7. The normalized spacial score (nSPS) is 12.2. The van der Waals surface area contributed by atoms with Crippen LogP contribution < -0.4 is 5.32 Å². The topological polar surface area (TPSA) is 69.6 Å². The van der Waals surface area contributed by atoms with E-state index >= 15 is 0 Å². The predicted molar refractivity (Wildman–Crippen MR) is 56.4 cm³/mol. The van der Waals surface area contributed by atoms with Crippen LogP contribution in [-0.2, 0) is 6.61 Å². The van der Waals surface area contributed by atoms with Gasteiger partial charge in [0.2, 0.25) is 0 Å².